The molecule has 0 spiro atoms. The minimum absolute atomic E-state index is 0.0969. The molecule has 0 radical (unpaired) electrons. The summed E-state index contributed by atoms with van der Waals surface area (Å²) < 4.78 is 0. The largest absolute Gasteiger partial charge is 0.388 e. The van der Waals surface area contributed by atoms with Crippen molar-refractivity contribution >= 4 is 11.6 Å². The standard InChI is InChI=1S/C11H16O3/c1-7-8(12)3-5-10(2)9(13)4-6-11(7,10)14/h7,14H,3-6H2,1-2H3. The molecule has 0 heterocycles. The molecule has 1 N–H and O–H groups in total. The van der Waals surface area contributed by atoms with E-state index < -0.39 is 11.0 Å². The molecule has 2 fully saturated rings. The van der Waals surface area contributed by atoms with E-state index in [0.29, 0.717) is 25.7 Å². The zero-order valence-corrected chi connectivity index (χ0v) is 8.67. The Bertz CT molecular complexity index is 310. The highest BCUT2D eigenvalue weighted by Gasteiger charge is 2.62. The van der Waals surface area contributed by atoms with E-state index in [0.717, 1.165) is 0 Å². The molecule has 0 aromatic heterocycles. The van der Waals surface area contributed by atoms with Crippen molar-refractivity contribution in [2.45, 2.75) is 45.1 Å². The van der Waals surface area contributed by atoms with Gasteiger partial charge in [-0.05, 0) is 19.8 Å². The number of Topliss-reactive ketones (excluding diaryl/α,β-unsaturated/α-hetero) is 2. The number of hydrogen-bond donors (Lipinski definition) is 1. The minimum atomic E-state index is -1.07. The quantitative estimate of drug-likeness (QED) is 0.631. The lowest BCUT2D eigenvalue weighted by atomic mass is 9.61. The molecular weight excluding hydrogens is 180 g/mol. The van der Waals surface area contributed by atoms with E-state index in [1.807, 2.05) is 6.92 Å². The molecule has 3 unspecified atom stereocenters. The van der Waals surface area contributed by atoms with Crippen molar-refractivity contribution in [3.63, 3.8) is 0 Å². The molecule has 0 amide bonds. The summed E-state index contributed by atoms with van der Waals surface area (Å²) in [5.41, 5.74) is -1.74. The van der Waals surface area contributed by atoms with Gasteiger partial charge in [0.15, 0.2) is 0 Å². The lowest BCUT2D eigenvalue weighted by Gasteiger charge is -2.45. The van der Waals surface area contributed by atoms with Crippen molar-refractivity contribution in [2.75, 3.05) is 0 Å². The first kappa shape index (κ1) is 9.84. The Morgan fingerprint density at radius 2 is 1.93 bits per heavy atom. The van der Waals surface area contributed by atoms with Gasteiger partial charge in [0.1, 0.15) is 11.6 Å². The fourth-order valence-electron chi connectivity index (χ4n) is 3.00. The summed E-state index contributed by atoms with van der Waals surface area (Å²) in [6, 6.07) is 0. The molecule has 0 bridgehead atoms. The monoisotopic (exact) mass is 196 g/mol. The third-order valence-electron chi connectivity index (χ3n) is 4.37. The van der Waals surface area contributed by atoms with Crippen LogP contribution in [0.5, 0.6) is 0 Å². The second kappa shape index (κ2) is 2.66. The third-order valence-corrected chi connectivity index (χ3v) is 4.37. The Kier molecular flexibility index (Phi) is 1.87. The molecule has 0 aliphatic heterocycles. The number of ketones is 2. The Balaban J connectivity index is 2.45. The summed E-state index contributed by atoms with van der Waals surface area (Å²) in [6.45, 7) is 3.56. The average Bonchev–Trinajstić information content (AvgIpc) is 2.39. The molecule has 0 aromatic carbocycles. The highest BCUT2D eigenvalue weighted by molar-refractivity contribution is 5.94. The summed E-state index contributed by atoms with van der Waals surface area (Å²) in [4.78, 5) is 23.2. The van der Waals surface area contributed by atoms with Gasteiger partial charge in [-0.2, -0.15) is 0 Å². The molecule has 2 saturated carbocycles. The van der Waals surface area contributed by atoms with Gasteiger partial charge in [-0.1, -0.05) is 6.92 Å². The van der Waals surface area contributed by atoms with Gasteiger partial charge in [0.05, 0.1) is 11.0 Å². The maximum atomic E-state index is 11.7. The summed E-state index contributed by atoms with van der Waals surface area (Å²) in [7, 11) is 0. The third kappa shape index (κ3) is 0.910. The van der Waals surface area contributed by atoms with Crippen LogP contribution >= 0.6 is 0 Å². The van der Waals surface area contributed by atoms with Gasteiger partial charge in [-0.3, -0.25) is 9.59 Å². The van der Waals surface area contributed by atoms with Crippen LogP contribution in [-0.4, -0.2) is 22.3 Å². The van der Waals surface area contributed by atoms with Crippen molar-refractivity contribution in [3.8, 4) is 0 Å². The number of fused-ring (bicyclic) bond motifs is 1. The van der Waals surface area contributed by atoms with Crippen LogP contribution in [0.25, 0.3) is 0 Å². The molecule has 3 heteroatoms. The molecule has 14 heavy (non-hydrogen) atoms. The first-order chi connectivity index (χ1) is 6.42. The highest BCUT2D eigenvalue weighted by Crippen LogP contribution is 2.53. The average molecular weight is 196 g/mol. The topological polar surface area (TPSA) is 54.4 Å². The van der Waals surface area contributed by atoms with E-state index in [1.54, 1.807) is 6.92 Å². The van der Waals surface area contributed by atoms with Gasteiger partial charge in [0, 0.05) is 18.8 Å². The van der Waals surface area contributed by atoms with Crippen molar-refractivity contribution in [1.82, 2.24) is 0 Å². The Hall–Kier alpha value is -0.700. The number of carbonyl (C=O) groups is 2. The highest BCUT2D eigenvalue weighted by atomic mass is 16.3. The molecule has 2 rings (SSSR count). The molecule has 3 nitrogen and oxygen atoms in total. The van der Waals surface area contributed by atoms with Crippen molar-refractivity contribution in [2.24, 2.45) is 11.3 Å². The van der Waals surface area contributed by atoms with Gasteiger partial charge in [-0.25, -0.2) is 0 Å². The van der Waals surface area contributed by atoms with E-state index in [-0.39, 0.29) is 17.5 Å². The fourth-order valence-corrected chi connectivity index (χ4v) is 3.00. The lowest BCUT2D eigenvalue weighted by molar-refractivity contribution is -0.160. The van der Waals surface area contributed by atoms with Crippen LogP contribution in [-0.2, 0) is 9.59 Å². The van der Waals surface area contributed by atoms with Crippen LogP contribution in [0.3, 0.4) is 0 Å². The summed E-state index contributed by atoms with van der Waals surface area (Å²) in [5, 5.41) is 10.4. The number of carbonyl (C=O) groups excluding carboxylic acids is 2. The SMILES string of the molecule is CC1C(=O)CCC2(C)C(=O)CCC12O. The Labute approximate surface area is 83.5 Å². The second-order valence-corrected chi connectivity index (χ2v) is 4.87. The van der Waals surface area contributed by atoms with E-state index in [2.05, 4.69) is 0 Å². The second-order valence-electron chi connectivity index (χ2n) is 4.87. The fraction of sp³-hybridized carbons (Fsp3) is 0.818. The first-order valence-electron chi connectivity index (χ1n) is 5.20. The normalized spacial score (nSPS) is 48.1. The molecule has 78 valence electrons. The molecule has 2 aliphatic rings. The molecule has 2 aliphatic carbocycles. The first-order valence-corrected chi connectivity index (χ1v) is 5.20. The van der Waals surface area contributed by atoms with Gasteiger partial charge in [-0.15, -0.1) is 0 Å². The van der Waals surface area contributed by atoms with E-state index >= 15 is 0 Å². The Morgan fingerprint density at radius 1 is 1.29 bits per heavy atom. The maximum Gasteiger partial charge on any atom is 0.141 e. The van der Waals surface area contributed by atoms with Crippen LogP contribution < -0.4 is 0 Å². The smallest absolute Gasteiger partial charge is 0.141 e. The summed E-state index contributed by atoms with van der Waals surface area (Å²) >= 11 is 0. The van der Waals surface area contributed by atoms with Crippen LogP contribution in [0.1, 0.15) is 39.5 Å². The van der Waals surface area contributed by atoms with Gasteiger partial charge >= 0.3 is 0 Å². The van der Waals surface area contributed by atoms with Gasteiger partial charge < -0.3 is 5.11 Å². The number of rotatable bonds is 0. The maximum absolute atomic E-state index is 11.7. The predicted molar refractivity (Wildman–Crippen MR) is 50.7 cm³/mol. The minimum Gasteiger partial charge on any atom is -0.388 e. The van der Waals surface area contributed by atoms with Crippen molar-refractivity contribution in [1.29, 1.82) is 0 Å². The Morgan fingerprint density at radius 3 is 2.57 bits per heavy atom. The van der Waals surface area contributed by atoms with Crippen LogP contribution in [0.4, 0.5) is 0 Å². The van der Waals surface area contributed by atoms with Crippen molar-refractivity contribution < 1.29 is 14.7 Å². The molecule has 0 saturated heterocycles. The van der Waals surface area contributed by atoms with E-state index in [1.165, 1.54) is 0 Å². The summed E-state index contributed by atoms with van der Waals surface area (Å²) in [6.07, 6.45) is 1.83. The zero-order valence-electron chi connectivity index (χ0n) is 8.67. The zero-order chi connectivity index (χ0) is 10.6. The van der Waals surface area contributed by atoms with Crippen LogP contribution in [0, 0.1) is 11.3 Å². The number of hydrogen-bond acceptors (Lipinski definition) is 3. The molecule has 3 atom stereocenters. The summed E-state index contributed by atoms with van der Waals surface area (Å²) in [5.74, 6) is -0.160. The van der Waals surface area contributed by atoms with Crippen LogP contribution in [0.2, 0.25) is 0 Å². The van der Waals surface area contributed by atoms with E-state index in [9.17, 15) is 14.7 Å². The predicted octanol–water partition coefficient (Wildman–Crippen LogP) is 1.09. The van der Waals surface area contributed by atoms with E-state index in [4.69, 9.17) is 0 Å². The van der Waals surface area contributed by atoms with Crippen LogP contribution in [0.15, 0.2) is 0 Å². The van der Waals surface area contributed by atoms with Gasteiger partial charge in [0.2, 0.25) is 0 Å². The van der Waals surface area contributed by atoms with Gasteiger partial charge in [0.25, 0.3) is 0 Å². The van der Waals surface area contributed by atoms with Crippen molar-refractivity contribution in [3.05, 3.63) is 0 Å². The molecule has 0 aromatic rings. The lowest BCUT2D eigenvalue weighted by Crippen LogP contribution is -2.55. The number of aliphatic hydroxyl groups is 1. The molecular formula is C11H16O3.